The number of likely N-dealkylation sites (tertiary alicyclic amines) is 1. The molecule has 1 saturated heterocycles. The first kappa shape index (κ1) is 16.0. The predicted octanol–water partition coefficient (Wildman–Crippen LogP) is 2.92. The molecule has 122 valence electrons. The van der Waals surface area contributed by atoms with E-state index in [4.69, 9.17) is 16.3 Å². The van der Waals surface area contributed by atoms with E-state index in [2.05, 4.69) is 9.55 Å². The average molecular weight is 334 g/mol. The number of rotatable bonds is 5. The maximum Gasteiger partial charge on any atom is 0.248 e. The van der Waals surface area contributed by atoms with Gasteiger partial charge in [-0.25, -0.2) is 4.98 Å². The minimum Gasteiger partial charge on any atom is -0.367 e. The van der Waals surface area contributed by atoms with Crippen molar-refractivity contribution in [1.82, 2.24) is 14.5 Å². The average Bonchev–Trinajstić information content (AvgIpc) is 3.11. The maximum atomic E-state index is 12.3. The summed E-state index contributed by atoms with van der Waals surface area (Å²) in [6.07, 6.45) is 7.60. The number of carbonyl (C=O) groups is 1. The molecule has 1 aromatic heterocycles. The largest absolute Gasteiger partial charge is 0.367 e. The number of benzene rings is 1. The molecule has 1 fully saturated rings. The summed E-state index contributed by atoms with van der Waals surface area (Å²) < 4.78 is 7.62. The Bertz CT molecular complexity index is 645. The summed E-state index contributed by atoms with van der Waals surface area (Å²) in [6, 6.07) is 7.82. The van der Waals surface area contributed by atoms with Crippen LogP contribution in [0.2, 0.25) is 5.02 Å². The highest BCUT2D eigenvalue weighted by Gasteiger charge is 2.24. The summed E-state index contributed by atoms with van der Waals surface area (Å²) in [5.41, 5.74) is 0.900. The smallest absolute Gasteiger partial charge is 0.248 e. The number of amides is 1. The molecular weight excluding hydrogens is 314 g/mol. The molecule has 5 nitrogen and oxygen atoms in total. The molecule has 0 spiro atoms. The van der Waals surface area contributed by atoms with Crippen LogP contribution in [0.25, 0.3) is 0 Å². The van der Waals surface area contributed by atoms with Crippen molar-refractivity contribution in [3.8, 4) is 0 Å². The fourth-order valence-corrected chi connectivity index (χ4v) is 3.06. The van der Waals surface area contributed by atoms with E-state index in [0.717, 1.165) is 24.9 Å². The van der Waals surface area contributed by atoms with Crippen LogP contribution in [-0.2, 0) is 16.1 Å². The van der Waals surface area contributed by atoms with Crippen LogP contribution < -0.4 is 0 Å². The lowest BCUT2D eigenvalue weighted by atomic mass is 10.1. The molecule has 2 aromatic rings. The number of piperidine rings is 1. The minimum atomic E-state index is 0.0295. The van der Waals surface area contributed by atoms with E-state index in [-0.39, 0.29) is 12.5 Å². The number of carbonyl (C=O) groups excluding carboxylic acids is 1. The summed E-state index contributed by atoms with van der Waals surface area (Å²) in [7, 11) is 0. The Balaban J connectivity index is 1.49. The van der Waals surface area contributed by atoms with Crippen molar-refractivity contribution in [2.45, 2.75) is 25.5 Å². The highest BCUT2D eigenvalue weighted by Crippen LogP contribution is 2.21. The van der Waals surface area contributed by atoms with Gasteiger partial charge in [0.05, 0.1) is 19.0 Å². The Morgan fingerprint density at radius 2 is 2.26 bits per heavy atom. The Hall–Kier alpha value is -1.85. The van der Waals surface area contributed by atoms with Gasteiger partial charge in [0.25, 0.3) is 0 Å². The Kier molecular flexibility index (Phi) is 5.31. The monoisotopic (exact) mass is 333 g/mol. The molecule has 23 heavy (non-hydrogen) atoms. The van der Waals surface area contributed by atoms with Crippen LogP contribution in [0.15, 0.2) is 43.0 Å². The zero-order valence-corrected chi connectivity index (χ0v) is 13.7. The second kappa shape index (κ2) is 7.62. The third-order valence-corrected chi connectivity index (χ3v) is 4.51. The summed E-state index contributed by atoms with van der Waals surface area (Å²) in [5.74, 6) is 0.0295. The van der Waals surface area contributed by atoms with Gasteiger partial charge in [-0.3, -0.25) is 4.79 Å². The van der Waals surface area contributed by atoms with Crippen molar-refractivity contribution in [2.24, 2.45) is 0 Å². The first-order valence-corrected chi connectivity index (χ1v) is 8.18. The van der Waals surface area contributed by atoms with E-state index in [9.17, 15) is 4.79 Å². The molecule has 1 amide bonds. The van der Waals surface area contributed by atoms with Gasteiger partial charge in [0, 0.05) is 30.5 Å². The van der Waals surface area contributed by atoms with Gasteiger partial charge in [0.1, 0.15) is 6.61 Å². The van der Waals surface area contributed by atoms with E-state index in [0.29, 0.717) is 24.2 Å². The van der Waals surface area contributed by atoms with E-state index >= 15 is 0 Å². The van der Waals surface area contributed by atoms with Crippen LogP contribution in [0.4, 0.5) is 0 Å². The van der Waals surface area contributed by atoms with E-state index in [1.165, 1.54) is 0 Å². The second-order valence-electron chi connectivity index (χ2n) is 5.73. The van der Waals surface area contributed by atoms with Crippen molar-refractivity contribution in [3.63, 3.8) is 0 Å². The molecule has 0 unspecified atom stereocenters. The molecule has 1 atom stereocenters. The van der Waals surface area contributed by atoms with Gasteiger partial charge >= 0.3 is 0 Å². The van der Waals surface area contributed by atoms with E-state index < -0.39 is 0 Å². The van der Waals surface area contributed by atoms with Gasteiger partial charge < -0.3 is 14.2 Å². The first-order valence-electron chi connectivity index (χ1n) is 7.80. The van der Waals surface area contributed by atoms with Crippen LogP contribution in [0.5, 0.6) is 0 Å². The summed E-state index contributed by atoms with van der Waals surface area (Å²) in [4.78, 5) is 18.3. The molecule has 0 radical (unpaired) electrons. The summed E-state index contributed by atoms with van der Waals surface area (Å²) >= 11 is 6.08. The van der Waals surface area contributed by atoms with Crippen LogP contribution in [0.3, 0.4) is 0 Å². The van der Waals surface area contributed by atoms with Crippen LogP contribution in [-0.4, -0.2) is 40.1 Å². The zero-order valence-electron chi connectivity index (χ0n) is 12.9. The lowest BCUT2D eigenvalue weighted by molar-refractivity contribution is -0.138. The van der Waals surface area contributed by atoms with Crippen molar-refractivity contribution in [3.05, 3.63) is 53.6 Å². The van der Waals surface area contributed by atoms with E-state index in [1.807, 2.05) is 41.7 Å². The molecule has 0 N–H and O–H groups in total. The van der Waals surface area contributed by atoms with Crippen molar-refractivity contribution in [1.29, 1.82) is 0 Å². The van der Waals surface area contributed by atoms with Crippen molar-refractivity contribution < 1.29 is 9.53 Å². The number of hydrogen-bond acceptors (Lipinski definition) is 3. The number of nitrogens with zero attached hydrogens (tertiary/aromatic N) is 3. The van der Waals surface area contributed by atoms with Crippen LogP contribution in [0, 0.1) is 0 Å². The third kappa shape index (κ3) is 4.12. The van der Waals surface area contributed by atoms with Crippen LogP contribution in [0.1, 0.15) is 24.4 Å². The van der Waals surface area contributed by atoms with Gasteiger partial charge in [-0.15, -0.1) is 0 Å². The van der Waals surface area contributed by atoms with Gasteiger partial charge in [0.15, 0.2) is 0 Å². The van der Waals surface area contributed by atoms with Crippen molar-refractivity contribution in [2.75, 3.05) is 19.7 Å². The third-order valence-electron chi connectivity index (χ3n) is 4.14. The van der Waals surface area contributed by atoms with Gasteiger partial charge in [-0.1, -0.05) is 29.8 Å². The Morgan fingerprint density at radius 1 is 1.39 bits per heavy atom. The Morgan fingerprint density at radius 3 is 3.04 bits per heavy atom. The molecule has 3 rings (SSSR count). The van der Waals surface area contributed by atoms with Gasteiger partial charge in [-0.05, 0) is 24.5 Å². The lowest BCUT2D eigenvalue weighted by Crippen LogP contribution is -2.42. The summed E-state index contributed by atoms with van der Waals surface area (Å²) in [5, 5.41) is 0.665. The normalized spacial score (nSPS) is 18.1. The van der Waals surface area contributed by atoms with Crippen molar-refractivity contribution >= 4 is 17.5 Å². The number of hydrogen-bond donors (Lipinski definition) is 0. The number of imidazole rings is 1. The standard InChI is InChI=1S/C17H20ClN3O2/c18-16-6-2-1-4-14(16)11-23-12-17(22)20-8-3-5-15(10-20)21-9-7-19-13-21/h1-2,4,6-7,9,13,15H,3,5,8,10-12H2/t15-/m1/s1. The first-order chi connectivity index (χ1) is 11.2. The SMILES string of the molecule is O=C(COCc1ccccc1Cl)N1CCC[C@@H](n2ccnc2)C1. The summed E-state index contributed by atoms with van der Waals surface area (Å²) in [6.45, 7) is 1.94. The molecule has 1 aromatic carbocycles. The van der Waals surface area contributed by atoms with Gasteiger partial charge in [-0.2, -0.15) is 0 Å². The topological polar surface area (TPSA) is 47.4 Å². The van der Waals surface area contributed by atoms with Crippen LogP contribution >= 0.6 is 11.6 Å². The second-order valence-corrected chi connectivity index (χ2v) is 6.14. The lowest BCUT2D eigenvalue weighted by Gasteiger charge is -2.33. The fourth-order valence-electron chi connectivity index (χ4n) is 2.87. The molecule has 1 aliphatic rings. The molecule has 2 heterocycles. The fraction of sp³-hybridized carbons (Fsp3) is 0.412. The quantitative estimate of drug-likeness (QED) is 0.845. The highest BCUT2D eigenvalue weighted by atomic mass is 35.5. The maximum absolute atomic E-state index is 12.3. The Labute approximate surface area is 140 Å². The number of ether oxygens (including phenoxy) is 1. The molecule has 1 aliphatic heterocycles. The minimum absolute atomic E-state index is 0.0295. The predicted molar refractivity (Wildman–Crippen MR) is 88.2 cm³/mol. The van der Waals surface area contributed by atoms with Gasteiger partial charge in [0.2, 0.25) is 5.91 Å². The highest BCUT2D eigenvalue weighted by molar-refractivity contribution is 6.31. The number of aromatic nitrogens is 2. The molecular formula is C17H20ClN3O2. The number of halogens is 1. The molecule has 6 heteroatoms. The molecule has 0 bridgehead atoms. The van der Waals surface area contributed by atoms with E-state index in [1.54, 1.807) is 6.20 Å². The zero-order chi connectivity index (χ0) is 16.1. The molecule has 0 saturated carbocycles. The molecule has 0 aliphatic carbocycles.